The maximum Gasteiger partial charge on any atom is 0.138 e. The summed E-state index contributed by atoms with van der Waals surface area (Å²) in [5, 5.41) is 3.33. The van der Waals surface area contributed by atoms with Crippen LogP contribution in [0.5, 0.6) is 0 Å². The van der Waals surface area contributed by atoms with Crippen molar-refractivity contribution in [1.82, 2.24) is 9.38 Å². The fraction of sp³-hybridized carbons (Fsp3) is 0. The molecule has 0 amide bonds. The molecule has 0 aliphatic carbocycles. The van der Waals surface area contributed by atoms with Gasteiger partial charge in [-0.3, -0.25) is 4.40 Å². The van der Waals surface area contributed by atoms with Crippen molar-refractivity contribution in [1.29, 1.82) is 0 Å². The lowest BCUT2D eigenvalue weighted by Crippen LogP contribution is -1.97. The minimum Gasteiger partial charge on any atom is -0.399 e. The number of pyridine rings is 1. The predicted octanol–water partition coefficient (Wildman–Crippen LogP) is 2.66. The summed E-state index contributed by atoms with van der Waals surface area (Å²) in [6.45, 7) is 0. The number of benzene rings is 1. The quantitative estimate of drug-likeness (QED) is 0.658. The van der Waals surface area contributed by atoms with Gasteiger partial charge in [0.2, 0.25) is 0 Å². The second-order valence-electron chi connectivity index (χ2n) is 3.81. The maximum atomic E-state index is 5.65. The fourth-order valence-corrected chi connectivity index (χ4v) is 1.76. The molecule has 0 aliphatic heterocycles. The molecule has 0 bridgehead atoms. The number of fused-ring (bicyclic) bond motifs is 1. The number of nitrogens with two attached hydrogens (primary N) is 1. The molecule has 0 aliphatic rings. The highest BCUT2D eigenvalue weighted by Gasteiger charge is 2.00. The first-order valence-corrected chi connectivity index (χ1v) is 5.37. The van der Waals surface area contributed by atoms with Crippen molar-refractivity contribution in [2.24, 2.45) is 0 Å². The first-order chi connectivity index (χ1) is 8.33. The summed E-state index contributed by atoms with van der Waals surface area (Å²) >= 11 is 0. The van der Waals surface area contributed by atoms with Crippen LogP contribution in [0.1, 0.15) is 0 Å². The van der Waals surface area contributed by atoms with Gasteiger partial charge in [0.15, 0.2) is 0 Å². The molecule has 4 nitrogen and oxygen atoms in total. The van der Waals surface area contributed by atoms with E-state index in [1.54, 1.807) is 6.20 Å². The fourth-order valence-electron chi connectivity index (χ4n) is 1.76. The van der Waals surface area contributed by atoms with E-state index >= 15 is 0 Å². The van der Waals surface area contributed by atoms with Gasteiger partial charge in [-0.1, -0.05) is 6.07 Å². The zero-order valence-corrected chi connectivity index (χ0v) is 9.17. The minimum atomic E-state index is 0.761. The number of anilines is 3. The average molecular weight is 224 g/mol. The highest BCUT2D eigenvalue weighted by Crippen LogP contribution is 2.18. The van der Waals surface area contributed by atoms with Gasteiger partial charge >= 0.3 is 0 Å². The van der Waals surface area contributed by atoms with E-state index in [2.05, 4.69) is 10.3 Å². The number of hydrogen-bond acceptors (Lipinski definition) is 3. The Morgan fingerprint density at radius 3 is 2.71 bits per heavy atom. The normalized spacial score (nSPS) is 10.6. The molecule has 0 radical (unpaired) electrons. The molecule has 0 spiro atoms. The zero-order chi connectivity index (χ0) is 11.7. The van der Waals surface area contributed by atoms with Crippen molar-refractivity contribution in [2.75, 3.05) is 11.1 Å². The number of imidazole rings is 1. The first-order valence-electron chi connectivity index (χ1n) is 5.37. The summed E-state index contributed by atoms with van der Waals surface area (Å²) in [6.07, 6.45) is 3.71. The first kappa shape index (κ1) is 9.72. The van der Waals surface area contributed by atoms with Crippen LogP contribution >= 0.6 is 0 Å². The molecule has 0 saturated heterocycles. The van der Waals surface area contributed by atoms with Gasteiger partial charge in [0.25, 0.3) is 0 Å². The summed E-state index contributed by atoms with van der Waals surface area (Å²) in [4.78, 5) is 4.24. The Labute approximate surface area is 98.7 Å². The van der Waals surface area contributed by atoms with Crippen molar-refractivity contribution in [3.05, 3.63) is 54.9 Å². The van der Waals surface area contributed by atoms with Crippen molar-refractivity contribution < 1.29 is 0 Å². The van der Waals surface area contributed by atoms with E-state index in [1.165, 1.54) is 0 Å². The Hall–Kier alpha value is -2.49. The molecule has 17 heavy (non-hydrogen) atoms. The standard InChI is InChI=1S/C13H12N4/c14-10-4-6-11(7-5-10)16-13-3-1-2-12-15-8-9-17(12)13/h1-9,16H,14H2. The predicted molar refractivity (Wildman–Crippen MR) is 69.3 cm³/mol. The van der Waals surface area contributed by atoms with E-state index in [-0.39, 0.29) is 0 Å². The Balaban J connectivity index is 1.99. The molecule has 0 saturated carbocycles. The van der Waals surface area contributed by atoms with Gasteiger partial charge < -0.3 is 11.1 Å². The Morgan fingerprint density at radius 2 is 1.88 bits per heavy atom. The van der Waals surface area contributed by atoms with Crippen LogP contribution < -0.4 is 11.1 Å². The molecule has 0 atom stereocenters. The molecule has 3 rings (SSSR count). The lowest BCUT2D eigenvalue weighted by molar-refractivity contribution is 1.18. The molecule has 0 fully saturated rings. The summed E-state index contributed by atoms with van der Waals surface area (Å²) in [6, 6.07) is 13.6. The highest BCUT2D eigenvalue weighted by molar-refractivity contribution is 5.62. The Morgan fingerprint density at radius 1 is 1.06 bits per heavy atom. The number of nitrogen functional groups attached to an aromatic ring is 1. The second-order valence-corrected chi connectivity index (χ2v) is 3.81. The lowest BCUT2D eigenvalue weighted by Gasteiger charge is -2.08. The third kappa shape index (κ3) is 1.80. The Kier molecular flexibility index (Phi) is 2.19. The van der Waals surface area contributed by atoms with Gasteiger partial charge in [-0.25, -0.2) is 4.98 Å². The van der Waals surface area contributed by atoms with Crippen LogP contribution in [0.2, 0.25) is 0 Å². The van der Waals surface area contributed by atoms with Crippen LogP contribution in [0.25, 0.3) is 5.65 Å². The SMILES string of the molecule is Nc1ccc(Nc2cccc3nccn23)cc1. The number of aromatic nitrogens is 2. The van der Waals surface area contributed by atoms with Crippen LogP contribution in [0.3, 0.4) is 0 Å². The second kappa shape index (κ2) is 3.83. The molecule has 3 N–H and O–H groups in total. The monoisotopic (exact) mass is 224 g/mol. The largest absolute Gasteiger partial charge is 0.399 e. The van der Waals surface area contributed by atoms with Gasteiger partial charge in [-0.15, -0.1) is 0 Å². The van der Waals surface area contributed by atoms with Crippen molar-refractivity contribution in [3.63, 3.8) is 0 Å². The smallest absolute Gasteiger partial charge is 0.138 e. The molecule has 4 heteroatoms. The molecule has 2 heterocycles. The third-order valence-electron chi connectivity index (χ3n) is 2.61. The molecular weight excluding hydrogens is 212 g/mol. The molecular formula is C13H12N4. The molecule has 3 aromatic rings. The molecule has 2 aromatic heterocycles. The summed E-state index contributed by atoms with van der Waals surface area (Å²) in [5.41, 5.74) is 8.33. The van der Waals surface area contributed by atoms with E-state index in [0.29, 0.717) is 0 Å². The Bertz CT molecular complexity index is 640. The maximum absolute atomic E-state index is 5.65. The number of nitrogens with one attached hydrogen (secondary N) is 1. The van der Waals surface area contributed by atoms with Crippen LogP contribution in [-0.4, -0.2) is 9.38 Å². The van der Waals surface area contributed by atoms with Crippen molar-refractivity contribution in [3.8, 4) is 0 Å². The highest BCUT2D eigenvalue weighted by atomic mass is 15.1. The molecule has 84 valence electrons. The van der Waals surface area contributed by atoms with Gasteiger partial charge in [0.05, 0.1) is 0 Å². The van der Waals surface area contributed by atoms with E-state index in [1.807, 2.05) is 53.1 Å². The summed E-state index contributed by atoms with van der Waals surface area (Å²) < 4.78 is 2.00. The average Bonchev–Trinajstić information content (AvgIpc) is 2.81. The van der Waals surface area contributed by atoms with Gasteiger partial charge in [-0.05, 0) is 36.4 Å². The van der Waals surface area contributed by atoms with Crippen LogP contribution in [0.15, 0.2) is 54.9 Å². The van der Waals surface area contributed by atoms with Crippen molar-refractivity contribution in [2.45, 2.75) is 0 Å². The van der Waals surface area contributed by atoms with E-state index in [0.717, 1.165) is 22.8 Å². The van der Waals surface area contributed by atoms with Crippen LogP contribution in [0.4, 0.5) is 17.2 Å². The van der Waals surface area contributed by atoms with Gasteiger partial charge in [0.1, 0.15) is 11.5 Å². The number of hydrogen-bond donors (Lipinski definition) is 2. The van der Waals surface area contributed by atoms with E-state index < -0.39 is 0 Å². The topological polar surface area (TPSA) is 55.3 Å². The third-order valence-corrected chi connectivity index (χ3v) is 2.61. The van der Waals surface area contributed by atoms with Crippen LogP contribution in [-0.2, 0) is 0 Å². The van der Waals surface area contributed by atoms with Crippen LogP contribution in [0, 0.1) is 0 Å². The lowest BCUT2D eigenvalue weighted by atomic mass is 10.3. The van der Waals surface area contributed by atoms with E-state index in [4.69, 9.17) is 5.73 Å². The number of nitrogens with zero attached hydrogens (tertiary/aromatic N) is 2. The molecule has 0 unspecified atom stereocenters. The summed E-state index contributed by atoms with van der Waals surface area (Å²) in [5.74, 6) is 0.977. The van der Waals surface area contributed by atoms with E-state index in [9.17, 15) is 0 Å². The minimum absolute atomic E-state index is 0.761. The summed E-state index contributed by atoms with van der Waals surface area (Å²) in [7, 11) is 0. The van der Waals surface area contributed by atoms with Gasteiger partial charge in [0, 0.05) is 23.8 Å². The van der Waals surface area contributed by atoms with Gasteiger partial charge in [-0.2, -0.15) is 0 Å². The zero-order valence-electron chi connectivity index (χ0n) is 9.17. The van der Waals surface area contributed by atoms with Crippen molar-refractivity contribution >= 4 is 22.8 Å². The number of rotatable bonds is 2. The molecule has 1 aromatic carbocycles.